The monoisotopic (exact) mass is 191 g/mol. The lowest BCUT2D eigenvalue weighted by molar-refractivity contribution is -0.389. The van der Waals surface area contributed by atoms with Crippen LogP contribution in [-0.4, -0.2) is 0 Å². The first-order chi connectivity index (χ1) is 5.95. The van der Waals surface area contributed by atoms with Gasteiger partial charge in [0, 0.05) is 25.1 Å². The first-order valence-corrected chi connectivity index (χ1v) is 3.73. The van der Waals surface area contributed by atoms with Crippen molar-refractivity contribution in [2.24, 2.45) is 5.73 Å². The van der Waals surface area contributed by atoms with E-state index < -0.39 is 11.7 Å². The molecule has 13 heavy (non-hydrogen) atoms. The van der Waals surface area contributed by atoms with E-state index in [1.807, 2.05) is 0 Å². The summed E-state index contributed by atoms with van der Waals surface area (Å²) in [6.45, 7) is 1.45. The van der Waals surface area contributed by atoms with E-state index in [1.165, 1.54) is 6.20 Å². The zero-order valence-electron chi connectivity index (χ0n) is 7.07. The number of alkyl halides is 3. The molecule has 0 bridgehead atoms. The minimum absolute atomic E-state index is 0.0816. The van der Waals surface area contributed by atoms with Gasteiger partial charge in [-0.25, -0.2) is 4.98 Å². The standard InChI is InChI=1S/C8H9F3N2/c1-5-2-7(8(9,10)11)6(3-12)4-13-5/h2,4H,3,12H2,1H3/p+1. The van der Waals surface area contributed by atoms with Crippen molar-refractivity contribution in [1.29, 1.82) is 0 Å². The average Bonchev–Trinajstić information content (AvgIpc) is 2.03. The van der Waals surface area contributed by atoms with Gasteiger partial charge in [-0.3, -0.25) is 0 Å². The van der Waals surface area contributed by atoms with Gasteiger partial charge in [0.25, 0.3) is 0 Å². The lowest BCUT2D eigenvalue weighted by Gasteiger charge is -2.08. The van der Waals surface area contributed by atoms with Crippen LogP contribution in [0.2, 0.25) is 0 Å². The van der Waals surface area contributed by atoms with E-state index >= 15 is 0 Å². The fourth-order valence-electron chi connectivity index (χ4n) is 1.06. The molecule has 0 saturated heterocycles. The van der Waals surface area contributed by atoms with Gasteiger partial charge in [0.05, 0.1) is 5.56 Å². The second-order valence-corrected chi connectivity index (χ2v) is 2.76. The summed E-state index contributed by atoms with van der Waals surface area (Å²) < 4.78 is 37.0. The molecule has 0 aromatic carbocycles. The number of halogens is 3. The number of pyridine rings is 1. The predicted molar refractivity (Wildman–Crippen MR) is 40.6 cm³/mol. The zero-order valence-corrected chi connectivity index (χ0v) is 7.07. The normalized spacial score (nSPS) is 11.8. The SMILES string of the molecule is Cc1cc(C(F)(F)F)c(CN)c[nH+]1. The van der Waals surface area contributed by atoms with Crippen LogP contribution in [0.25, 0.3) is 0 Å². The first-order valence-electron chi connectivity index (χ1n) is 3.73. The largest absolute Gasteiger partial charge is 0.417 e. The van der Waals surface area contributed by atoms with Crippen LogP contribution in [0, 0.1) is 6.92 Å². The summed E-state index contributed by atoms with van der Waals surface area (Å²) in [5.41, 5.74) is 5.06. The van der Waals surface area contributed by atoms with Gasteiger partial charge in [-0.1, -0.05) is 0 Å². The van der Waals surface area contributed by atoms with E-state index in [-0.39, 0.29) is 12.1 Å². The maximum absolute atomic E-state index is 12.3. The molecule has 1 rings (SSSR count). The molecule has 2 nitrogen and oxygen atoms in total. The molecule has 0 fully saturated rings. The van der Waals surface area contributed by atoms with Crippen molar-refractivity contribution in [2.45, 2.75) is 19.6 Å². The van der Waals surface area contributed by atoms with Crippen LogP contribution in [0.1, 0.15) is 16.8 Å². The number of rotatable bonds is 1. The summed E-state index contributed by atoms with van der Waals surface area (Å²) in [6, 6.07) is 1.06. The van der Waals surface area contributed by atoms with Crippen molar-refractivity contribution in [3.63, 3.8) is 0 Å². The highest BCUT2D eigenvalue weighted by molar-refractivity contribution is 5.26. The molecule has 3 N–H and O–H groups in total. The maximum atomic E-state index is 12.3. The Balaban J connectivity index is 3.24. The van der Waals surface area contributed by atoms with E-state index in [0.29, 0.717) is 5.69 Å². The lowest BCUT2D eigenvalue weighted by Crippen LogP contribution is -2.18. The molecule has 72 valence electrons. The van der Waals surface area contributed by atoms with Gasteiger partial charge in [0.1, 0.15) is 0 Å². The topological polar surface area (TPSA) is 40.2 Å². The third kappa shape index (κ3) is 2.18. The number of hydrogen-bond donors (Lipinski definition) is 1. The van der Waals surface area contributed by atoms with Gasteiger partial charge in [0.2, 0.25) is 0 Å². The highest BCUT2D eigenvalue weighted by Crippen LogP contribution is 2.31. The Hall–Kier alpha value is -1.10. The van der Waals surface area contributed by atoms with Crippen molar-refractivity contribution in [2.75, 3.05) is 0 Å². The van der Waals surface area contributed by atoms with Crippen molar-refractivity contribution in [3.05, 3.63) is 29.1 Å². The summed E-state index contributed by atoms with van der Waals surface area (Å²) in [6.07, 6.45) is -3.04. The molecule has 0 unspecified atom stereocenters. The van der Waals surface area contributed by atoms with Crippen LogP contribution in [0.15, 0.2) is 12.3 Å². The van der Waals surface area contributed by atoms with Crippen molar-refractivity contribution in [3.8, 4) is 0 Å². The van der Waals surface area contributed by atoms with Crippen LogP contribution in [-0.2, 0) is 12.7 Å². The van der Waals surface area contributed by atoms with Gasteiger partial charge >= 0.3 is 6.18 Å². The highest BCUT2D eigenvalue weighted by atomic mass is 19.4. The fraction of sp³-hybridized carbons (Fsp3) is 0.375. The molecule has 0 aliphatic carbocycles. The summed E-state index contributed by atoms with van der Waals surface area (Å²) >= 11 is 0. The van der Waals surface area contributed by atoms with Crippen LogP contribution in [0.4, 0.5) is 13.2 Å². The molecule has 1 heterocycles. The minimum atomic E-state index is -4.32. The summed E-state index contributed by atoms with van der Waals surface area (Å²) in [4.78, 5) is 2.68. The fourth-order valence-corrected chi connectivity index (χ4v) is 1.06. The molecule has 0 saturated carbocycles. The van der Waals surface area contributed by atoms with E-state index in [4.69, 9.17) is 5.73 Å². The second-order valence-electron chi connectivity index (χ2n) is 2.76. The highest BCUT2D eigenvalue weighted by Gasteiger charge is 2.34. The number of H-pyrrole nitrogens is 1. The molecule has 5 heteroatoms. The van der Waals surface area contributed by atoms with E-state index in [0.717, 1.165) is 6.07 Å². The Morgan fingerprint density at radius 3 is 2.54 bits per heavy atom. The molecule has 0 radical (unpaired) electrons. The van der Waals surface area contributed by atoms with Gasteiger partial charge in [-0.15, -0.1) is 0 Å². The summed E-state index contributed by atoms with van der Waals surface area (Å²) in [5, 5.41) is 0. The molecular weight excluding hydrogens is 181 g/mol. The molecule has 0 aliphatic rings. The molecule has 0 atom stereocenters. The zero-order chi connectivity index (χ0) is 10.1. The first kappa shape index (κ1) is 9.98. The molecule has 0 aliphatic heterocycles. The molecule has 1 aromatic rings. The molecule has 1 aromatic heterocycles. The Morgan fingerprint density at radius 2 is 2.08 bits per heavy atom. The minimum Gasteiger partial charge on any atom is -0.326 e. The van der Waals surface area contributed by atoms with Crippen LogP contribution in [0.3, 0.4) is 0 Å². The number of nitrogens with two attached hydrogens (primary N) is 1. The van der Waals surface area contributed by atoms with Gasteiger partial charge in [-0.05, 0) is 0 Å². The maximum Gasteiger partial charge on any atom is 0.417 e. The Morgan fingerprint density at radius 1 is 1.46 bits per heavy atom. The van der Waals surface area contributed by atoms with Crippen LogP contribution in [0.5, 0.6) is 0 Å². The van der Waals surface area contributed by atoms with Gasteiger partial charge in [0.15, 0.2) is 11.9 Å². The van der Waals surface area contributed by atoms with E-state index in [1.54, 1.807) is 6.92 Å². The quantitative estimate of drug-likeness (QED) is 0.713. The number of nitrogens with one attached hydrogen (secondary N) is 1. The third-order valence-electron chi connectivity index (χ3n) is 1.71. The Labute approximate surface area is 73.6 Å². The predicted octanol–water partition coefficient (Wildman–Crippen LogP) is 1.29. The summed E-state index contributed by atoms with van der Waals surface area (Å²) in [7, 11) is 0. The molecule has 0 amide bonds. The lowest BCUT2D eigenvalue weighted by atomic mass is 10.1. The number of aryl methyl sites for hydroxylation is 1. The smallest absolute Gasteiger partial charge is 0.326 e. The van der Waals surface area contributed by atoms with Crippen LogP contribution >= 0.6 is 0 Å². The van der Waals surface area contributed by atoms with Crippen molar-refractivity contribution in [1.82, 2.24) is 0 Å². The van der Waals surface area contributed by atoms with Gasteiger partial charge < -0.3 is 5.73 Å². The molecule has 0 spiro atoms. The summed E-state index contributed by atoms with van der Waals surface area (Å²) in [5.74, 6) is 0. The van der Waals surface area contributed by atoms with Crippen molar-refractivity contribution < 1.29 is 18.2 Å². The number of hydrogen-bond acceptors (Lipinski definition) is 1. The Bertz CT molecular complexity index is 307. The number of aromatic nitrogens is 1. The van der Waals surface area contributed by atoms with E-state index in [2.05, 4.69) is 4.98 Å². The average molecular weight is 191 g/mol. The number of aromatic amines is 1. The van der Waals surface area contributed by atoms with Gasteiger partial charge in [-0.2, -0.15) is 13.2 Å². The van der Waals surface area contributed by atoms with Crippen LogP contribution < -0.4 is 10.7 Å². The molecular formula is C8H10F3N2+. The second kappa shape index (κ2) is 3.33. The third-order valence-corrected chi connectivity index (χ3v) is 1.71. The Kier molecular flexibility index (Phi) is 2.56. The van der Waals surface area contributed by atoms with Crippen molar-refractivity contribution >= 4 is 0 Å². The van der Waals surface area contributed by atoms with E-state index in [9.17, 15) is 13.2 Å².